The molecule has 1 aliphatic rings. The second-order valence-electron chi connectivity index (χ2n) is 4.82. The van der Waals surface area contributed by atoms with Gasteiger partial charge in [0, 0.05) is 19.2 Å². The monoisotopic (exact) mass is 323 g/mol. The molecular formula is C13H13N3O7. The molecule has 0 saturated carbocycles. The van der Waals surface area contributed by atoms with Crippen molar-refractivity contribution in [3.05, 3.63) is 28.3 Å². The molecule has 1 N–H and O–H groups in total. The van der Waals surface area contributed by atoms with E-state index in [9.17, 15) is 24.5 Å². The topological polar surface area (TPSA) is 130 Å². The molecule has 0 radical (unpaired) electrons. The summed E-state index contributed by atoms with van der Waals surface area (Å²) in [4.78, 5) is 46.8. The van der Waals surface area contributed by atoms with E-state index in [4.69, 9.17) is 9.84 Å². The average Bonchev–Trinajstić information content (AvgIpc) is 2.48. The van der Waals surface area contributed by atoms with E-state index in [-0.39, 0.29) is 23.7 Å². The Kier molecular flexibility index (Phi) is 4.44. The third-order valence-electron chi connectivity index (χ3n) is 3.19. The number of amides is 2. The van der Waals surface area contributed by atoms with Crippen LogP contribution in [0.2, 0.25) is 0 Å². The van der Waals surface area contributed by atoms with Crippen molar-refractivity contribution in [3.63, 3.8) is 0 Å². The van der Waals surface area contributed by atoms with E-state index in [0.717, 1.165) is 15.9 Å². The average molecular weight is 323 g/mol. The van der Waals surface area contributed by atoms with Crippen LogP contribution in [0.15, 0.2) is 18.2 Å². The van der Waals surface area contributed by atoms with Crippen molar-refractivity contribution in [2.45, 2.75) is 0 Å². The molecular weight excluding hydrogens is 310 g/mol. The summed E-state index contributed by atoms with van der Waals surface area (Å²) in [5, 5.41) is 19.5. The lowest BCUT2D eigenvalue weighted by Crippen LogP contribution is -2.46. The first kappa shape index (κ1) is 16.2. The Labute approximate surface area is 130 Å². The Morgan fingerprint density at radius 3 is 2.78 bits per heavy atom. The fourth-order valence-corrected chi connectivity index (χ4v) is 2.02. The van der Waals surface area contributed by atoms with Gasteiger partial charge < -0.3 is 14.7 Å². The Bertz CT molecular complexity index is 688. The number of ether oxygens (including phenoxy) is 1. The smallest absolute Gasteiger partial charge is 0.323 e. The molecule has 1 aromatic rings. The van der Waals surface area contributed by atoms with Crippen LogP contribution in [0.5, 0.6) is 5.75 Å². The number of anilines is 1. The highest BCUT2D eigenvalue weighted by atomic mass is 16.6. The third-order valence-corrected chi connectivity index (χ3v) is 3.19. The van der Waals surface area contributed by atoms with Crippen molar-refractivity contribution in [2.24, 2.45) is 0 Å². The van der Waals surface area contributed by atoms with Crippen LogP contribution < -0.4 is 9.64 Å². The number of carbonyl (C=O) groups is 3. The first-order valence-corrected chi connectivity index (χ1v) is 6.47. The fraction of sp³-hybridized carbons (Fsp3) is 0.308. The second-order valence-corrected chi connectivity index (χ2v) is 4.82. The summed E-state index contributed by atoms with van der Waals surface area (Å²) < 4.78 is 5.17. The van der Waals surface area contributed by atoms with E-state index >= 15 is 0 Å². The fourth-order valence-electron chi connectivity index (χ4n) is 2.02. The molecule has 10 heteroatoms. The summed E-state index contributed by atoms with van der Waals surface area (Å²) in [7, 11) is 1.29. The number of fused-ring (bicyclic) bond motifs is 1. The van der Waals surface area contributed by atoms with E-state index in [2.05, 4.69) is 0 Å². The van der Waals surface area contributed by atoms with E-state index in [1.807, 2.05) is 0 Å². The van der Waals surface area contributed by atoms with Gasteiger partial charge in [0.15, 0.2) is 6.61 Å². The maximum Gasteiger partial charge on any atom is 0.323 e. The van der Waals surface area contributed by atoms with Crippen molar-refractivity contribution in [1.82, 2.24) is 4.90 Å². The number of nitrogens with zero attached hydrogens (tertiary/aromatic N) is 3. The van der Waals surface area contributed by atoms with Crippen molar-refractivity contribution in [3.8, 4) is 5.75 Å². The van der Waals surface area contributed by atoms with Crippen molar-refractivity contribution in [1.29, 1.82) is 0 Å². The minimum absolute atomic E-state index is 0.104. The number of carbonyl (C=O) groups excluding carboxylic acids is 2. The number of hydrogen-bond donors (Lipinski definition) is 1. The zero-order valence-electron chi connectivity index (χ0n) is 12.1. The van der Waals surface area contributed by atoms with Gasteiger partial charge in [0.25, 0.3) is 11.6 Å². The van der Waals surface area contributed by atoms with Gasteiger partial charge in [-0.3, -0.25) is 29.4 Å². The van der Waals surface area contributed by atoms with Crippen LogP contribution in [0, 0.1) is 10.1 Å². The first-order valence-electron chi connectivity index (χ1n) is 6.47. The van der Waals surface area contributed by atoms with E-state index in [1.165, 1.54) is 19.2 Å². The molecule has 2 amide bonds. The van der Waals surface area contributed by atoms with Crippen molar-refractivity contribution in [2.75, 3.05) is 31.6 Å². The summed E-state index contributed by atoms with van der Waals surface area (Å²) >= 11 is 0. The van der Waals surface area contributed by atoms with Crippen LogP contribution in [-0.2, 0) is 14.4 Å². The van der Waals surface area contributed by atoms with Crippen LogP contribution in [-0.4, -0.2) is 59.5 Å². The lowest BCUT2D eigenvalue weighted by Gasteiger charge is -2.29. The molecule has 1 heterocycles. The van der Waals surface area contributed by atoms with Crippen molar-refractivity contribution >= 4 is 29.2 Å². The Hall–Kier alpha value is -3.17. The number of carboxylic acids is 1. The molecule has 0 bridgehead atoms. The molecule has 0 aliphatic carbocycles. The Morgan fingerprint density at radius 1 is 1.48 bits per heavy atom. The molecule has 23 heavy (non-hydrogen) atoms. The Balaban J connectivity index is 2.27. The van der Waals surface area contributed by atoms with Gasteiger partial charge in [0.2, 0.25) is 5.91 Å². The second kappa shape index (κ2) is 6.30. The summed E-state index contributed by atoms with van der Waals surface area (Å²) in [6, 6.07) is 3.71. The summed E-state index contributed by atoms with van der Waals surface area (Å²) in [6.07, 6.45) is 0. The quantitative estimate of drug-likeness (QED) is 0.589. The number of nitro groups is 1. The maximum atomic E-state index is 12.0. The number of nitro benzene ring substituents is 1. The SMILES string of the molecule is CN(CC(=O)O)C(=O)CN1C(=O)COc2ccc([N+](=O)[O-])cc21. The highest BCUT2D eigenvalue weighted by molar-refractivity contribution is 6.02. The minimum atomic E-state index is -1.19. The highest BCUT2D eigenvalue weighted by Gasteiger charge is 2.30. The van der Waals surface area contributed by atoms with E-state index in [1.54, 1.807) is 0 Å². The maximum absolute atomic E-state index is 12.0. The van der Waals surface area contributed by atoms with Gasteiger partial charge in [-0.05, 0) is 6.07 Å². The lowest BCUT2D eigenvalue weighted by atomic mass is 10.2. The number of hydrogen-bond acceptors (Lipinski definition) is 6. The van der Waals surface area contributed by atoms with Crippen LogP contribution in [0.1, 0.15) is 0 Å². The predicted molar refractivity (Wildman–Crippen MR) is 76.2 cm³/mol. The predicted octanol–water partition coefficient (Wildman–Crippen LogP) is -0.137. The molecule has 0 fully saturated rings. The van der Waals surface area contributed by atoms with Gasteiger partial charge in [-0.2, -0.15) is 0 Å². The van der Waals surface area contributed by atoms with Gasteiger partial charge in [0.05, 0.1) is 10.6 Å². The molecule has 0 spiro atoms. The molecule has 122 valence electrons. The van der Waals surface area contributed by atoms with Gasteiger partial charge in [0.1, 0.15) is 18.8 Å². The first-order chi connectivity index (χ1) is 10.8. The molecule has 1 aliphatic heterocycles. The number of carboxylic acid groups (broad SMARTS) is 1. The standard InChI is InChI=1S/C13H13N3O7/c1-14(6-13(19)20)11(17)5-15-9-4-8(16(21)22)2-3-10(9)23-7-12(15)18/h2-4H,5-7H2,1H3,(H,19,20). The molecule has 2 rings (SSSR count). The van der Waals surface area contributed by atoms with E-state index < -0.39 is 35.8 Å². The summed E-state index contributed by atoms with van der Waals surface area (Å²) in [5.74, 6) is -2.11. The zero-order valence-corrected chi connectivity index (χ0v) is 12.1. The molecule has 0 atom stereocenters. The normalized spacial score (nSPS) is 13.1. The molecule has 10 nitrogen and oxygen atoms in total. The lowest BCUT2D eigenvalue weighted by molar-refractivity contribution is -0.384. The van der Waals surface area contributed by atoms with Gasteiger partial charge >= 0.3 is 5.97 Å². The van der Waals surface area contributed by atoms with Crippen LogP contribution >= 0.6 is 0 Å². The van der Waals surface area contributed by atoms with E-state index in [0.29, 0.717) is 0 Å². The highest BCUT2D eigenvalue weighted by Crippen LogP contribution is 2.35. The minimum Gasteiger partial charge on any atom is -0.482 e. The number of aliphatic carboxylic acids is 1. The zero-order chi connectivity index (χ0) is 17.1. The molecule has 0 aromatic heterocycles. The third kappa shape index (κ3) is 3.54. The van der Waals surface area contributed by atoms with Crippen LogP contribution in [0.4, 0.5) is 11.4 Å². The molecule has 1 aromatic carbocycles. The van der Waals surface area contributed by atoms with Gasteiger partial charge in [-0.15, -0.1) is 0 Å². The largest absolute Gasteiger partial charge is 0.482 e. The summed E-state index contributed by atoms with van der Waals surface area (Å²) in [6.45, 7) is -1.25. The number of benzene rings is 1. The number of non-ortho nitro benzene ring substituents is 1. The van der Waals surface area contributed by atoms with Crippen LogP contribution in [0.3, 0.4) is 0 Å². The summed E-state index contributed by atoms with van der Waals surface area (Å²) in [5.41, 5.74) is -0.147. The van der Waals surface area contributed by atoms with Gasteiger partial charge in [-0.25, -0.2) is 0 Å². The number of likely N-dealkylation sites (N-methyl/N-ethyl adjacent to an activating group) is 1. The number of rotatable bonds is 5. The molecule has 0 unspecified atom stereocenters. The van der Waals surface area contributed by atoms with Crippen LogP contribution in [0.25, 0.3) is 0 Å². The van der Waals surface area contributed by atoms with Gasteiger partial charge in [-0.1, -0.05) is 0 Å². The van der Waals surface area contributed by atoms with Crippen molar-refractivity contribution < 1.29 is 29.2 Å². The Morgan fingerprint density at radius 2 is 2.17 bits per heavy atom. The molecule has 0 saturated heterocycles.